The summed E-state index contributed by atoms with van der Waals surface area (Å²) in [6.07, 6.45) is 8.47. The highest BCUT2D eigenvalue weighted by atomic mass is 16.5. The third kappa shape index (κ3) is 7.63. The van der Waals surface area contributed by atoms with Gasteiger partial charge in [0.15, 0.2) is 0 Å². The van der Waals surface area contributed by atoms with Crippen LogP contribution in [-0.2, 0) is 32.2 Å². The minimum Gasteiger partial charge on any atom is -0.381 e. The van der Waals surface area contributed by atoms with Crippen LogP contribution in [0, 0.1) is 0 Å². The second-order valence-electron chi connectivity index (χ2n) is 6.57. The summed E-state index contributed by atoms with van der Waals surface area (Å²) in [7, 11) is 1.74. The quantitative estimate of drug-likeness (QED) is 0.538. The SMILES string of the molecule is CCC(=O)CCCCCn1cc(COC[C@H]2C[C@H](OC)CCO2)nn1. The summed E-state index contributed by atoms with van der Waals surface area (Å²) in [6.45, 7) is 4.47. The summed E-state index contributed by atoms with van der Waals surface area (Å²) in [4.78, 5) is 11.2. The second kappa shape index (κ2) is 11.3. The van der Waals surface area contributed by atoms with E-state index in [2.05, 4.69) is 10.3 Å². The molecule has 0 N–H and O–H groups in total. The first kappa shape index (κ1) is 20.0. The molecular formula is C18H31N3O4. The number of aromatic nitrogens is 3. The van der Waals surface area contributed by atoms with Crippen molar-refractivity contribution in [1.29, 1.82) is 0 Å². The van der Waals surface area contributed by atoms with Crippen LogP contribution in [0.4, 0.5) is 0 Å². The van der Waals surface area contributed by atoms with Gasteiger partial charge in [0, 0.05) is 39.5 Å². The van der Waals surface area contributed by atoms with Crippen LogP contribution in [0.2, 0.25) is 0 Å². The van der Waals surface area contributed by atoms with Gasteiger partial charge >= 0.3 is 0 Å². The number of Topliss-reactive ketones (excluding diaryl/α,β-unsaturated/α-hetero) is 1. The van der Waals surface area contributed by atoms with E-state index in [1.807, 2.05) is 17.8 Å². The Bertz CT molecular complexity index is 506. The summed E-state index contributed by atoms with van der Waals surface area (Å²) < 4.78 is 18.6. The number of ketones is 1. The van der Waals surface area contributed by atoms with Crippen LogP contribution >= 0.6 is 0 Å². The van der Waals surface area contributed by atoms with Crippen LogP contribution in [-0.4, -0.2) is 53.3 Å². The minimum absolute atomic E-state index is 0.0968. The van der Waals surface area contributed by atoms with Gasteiger partial charge in [0.1, 0.15) is 11.5 Å². The Morgan fingerprint density at radius 2 is 2.28 bits per heavy atom. The van der Waals surface area contributed by atoms with E-state index in [1.165, 1.54) is 0 Å². The number of aryl methyl sites for hydroxylation is 1. The van der Waals surface area contributed by atoms with Crippen molar-refractivity contribution in [3.63, 3.8) is 0 Å². The van der Waals surface area contributed by atoms with Gasteiger partial charge in [0.25, 0.3) is 0 Å². The van der Waals surface area contributed by atoms with Gasteiger partial charge in [-0.1, -0.05) is 18.6 Å². The standard InChI is InChI=1S/C18H31N3O4/c1-3-16(22)7-5-4-6-9-21-12-15(19-20-21)13-24-14-18-11-17(23-2)8-10-25-18/h12,17-18H,3-11,13-14H2,1-2H3/t17-,18-/m1/s1. The summed E-state index contributed by atoms with van der Waals surface area (Å²) in [5, 5.41) is 8.26. The van der Waals surface area contributed by atoms with Gasteiger partial charge in [-0.15, -0.1) is 5.10 Å². The molecule has 0 saturated carbocycles. The molecule has 1 aliphatic heterocycles. The second-order valence-corrected chi connectivity index (χ2v) is 6.57. The Balaban J connectivity index is 1.57. The topological polar surface area (TPSA) is 75.5 Å². The van der Waals surface area contributed by atoms with E-state index in [0.717, 1.165) is 50.9 Å². The number of hydrogen-bond acceptors (Lipinski definition) is 6. The van der Waals surface area contributed by atoms with E-state index in [1.54, 1.807) is 7.11 Å². The molecule has 1 aromatic heterocycles. The Hall–Kier alpha value is -1.31. The molecule has 0 radical (unpaired) electrons. The van der Waals surface area contributed by atoms with Gasteiger partial charge in [-0.25, -0.2) is 0 Å². The number of rotatable bonds is 12. The molecule has 1 aliphatic rings. The molecule has 2 heterocycles. The van der Waals surface area contributed by atoms with Crippen molar-refractivity contribution in [1.82, 2.24) is 15.0 Å². The predicted molar refractivity (Wildman–Crippen MR) is 93.2 cm³/mol. The first-order valence-electron chi connectivity index (χ1n) is 9.34. The van der Waals surface area contributed by atoms with E-state index < -0.39 is 0 Å². The molecule has 1 fully saturated rings. The number of hydrogen-bond donors (Lipinski definition) is 0. The lowest BCUT2D eigenvalue weighted by Crippen LogP contribution is -2.33. The monoisotopic (exact) mass is 353 g/mol. The summed E-state index contributed by atoms with van der Waals surface area (Å²) >= 11 is 0. The Morgan fingerprint density at radius 3 is 3.08 bits per heavy atom. The van der Waals surface area contributed by atoms with E-state index in [-0.39, 0.29) is 12.2 Å². The minimum atomic E-state index is 0.0968. The largest absolute Gasteiger partial charge is 0.381 e. The molecule has 2 rings (SSSR count). The maximum absolute atomic E-state index is 11.2. The average molecular weight is 353 g/mol. The smallest absolute Gasteiger partial charge is 0.132 e. The summed E-state index contributed by atoms with van der Waals surface area (Å²) in [5.41, 5.74) is 0.834. The molecule has 0 aromatic carbocycles. The van der Waals surface area contributed by atoms with Crippen LogP contribution < -0.4 is 0 Å². The third-order valence-corrected chi connectivity index (χ3v) is 4.53. The number of ether oxygens (including phenoxy) is 3. The molecule has 25 heavy (non-hydrogen) atoms. The molecule has 0 unspecified atom stereocenters. The number of nitrogens with zero attached hydrogens (tertiary/aromatic N) is 3. The fourth-order valence-corrected chi connectivity index (χ4v) is 2.93. The molecule has 0 amide bonds. The first-order chi connectivity index (χ1) is 12.2. The zero-order valence-corrected chi connectivity index (χ0v) is 15.5. The van der Waals surface area contributed by atoms with Crippen molar-refractivity contribution >= 4 is 5.78 Å². The van der Waals surface area contributed by atoms with Crippen molar-refractivity contribution < 1.29 is 19.0 Å². The van der Waals surface area contributed by atoms with Gasteiger partial charge < -0.3 is 14.2 Å². The molecule has 0 aliphatic carbocycles. The first-order valence-corrected chi connectivity index (χ1v) is 9.34. The predicted octanol–water partition coefficient (Wildman–Crippen LogP) is 2.53. The molecule has 0 bridgehead atoms. The fraction of sp³-hybridized carbons (Fsp3) is 0.833. The molecular weight excluding hydrogens is 322 g/mol. The van der Waals surface area contributed by atoms with Gasteiger partial charge in [0.05, 0.1) is 31.6 Å². The lowest BCUT2D eigenvalue weighted by atomic mass is 10.1. The summed E-state index contributed by atoms with van der Waals surface area (Å²) in [5.74, 6) is 0.346. The van der Waals surface area contributed by atoms with Crippen molar-refractivity contribution in [3.8, 4) is 0 Å². The maximum Gasteiger partial charge on any atom is 0.132 e. The highest BCUT2D eigenvalue weighted by molar-refractivity contribution is 5.77. The molecule has 7 nitrogen and oxygen atoms in total. The number of unbranched alkanes of at least 4 members (excludes halogenated alkanes) is 2. The fourth-order valence-electron chi connectivity index (χ4n) is 2.93. The molecule has 142 valence electrons. The maximum atomic E-state index is 11.2. The molecule has 1 saturated heterocycles. The Morgan fingerprint density at radius 1 is 1.40 bits per heavy atom. The van der Waals surface area contributed by atoms with Crippen LogP contribution in [0.25, 0.3) is 0 Å². The van der Waals surface area contributed by atoms with E-state index >= 15 is 0 Å². The zero-order chi connectivity index (χ0) is 17.9. The third-order valence-electron chi connectivity index (χ3n) is 4.53. The van der Waals surface area contributed by atoms with Crippen molar-refractivity contribution in [3.05, 3.63) is 11.9 Å². The van der Waals surface area contributed by atoms with Crippen LogP contribution in [0.15, 0.2) is 6.20 Å². The lowest BCUT2D eigenvalue weighted by Gasteiger charge is -2.28. The average Bonchev–Trinajstić information content (AvgIpc) is 3.09. The van der Waals surface area contributed by atoms with Gasteiger partial charge in [-0.2, -0.15) is 0 Å². The molecule has 0 spiro atoms. The number of carbonyl (C=O) groups is 1. The van der Waals surface area contributed by atoms with Crippen molar-refractivity contribution in [2.45, 2.75) is 77.2 Å². The lowest BCUT2D eigenvalue weighted by molar-refractivity contribution is -0.118. The van der Waals surface area contributed by atoms with E-state index in [0.29, 0.717) is 31.8 Å². The highest BCUT2D eigenvalue weighted by Crippen LogP contribution is 2.16. The van der Waals surface area contributed by atoms with Gasteiger partial charge in [0.2, 0.25) is 0 Å². The van der Waals surface area contributed by atoms with Crippen LogP contribution in [0.1, 0.15) is 57.6 Å². The summed E-state index contributed by atoms with van der Waals surface area (Å²) in [6, 6.07) is 0. The normalized spacial score (nSPS) is 20.7. The van der Waals surface area contributed by atoms with Crippen molar-refractivity contribution in [2.75, 3.05) is 20.3 Å². The van der Waals surface area contributed by atoms with E-state index in [4.69, 9.17) is 14.2 Å². The number of carbonyl (C=O) groups excluding carboxylic acids is 1. The van der Waals surface area contributed by atoms with Crippen LogP contribution in [0.3, 0.4) is 0 Å². The Kier molecular flexibility index (Phi) is 9.07. The van der Waals surface area contributed by atoms with E-state index in [9.17, 15) is 4.79 Å². The van der Waals surface area contributed by atoms with Crippen molar-refractivity contribution in [2.24, 2.45) is 0 Å². The molecule has 2 atom stereocenters. The number of methoxy groups -OCH3 is 1. The van der Waals surface area contributed by atoms with Crippen LogP contribution in [0.5, 0.6) is 0 Å². The highest BCUT2D eigenvalue weighted by Gasteiger charge is 2.22. The zero-order valence-electron chi connectivity index (χ0n) is 15.5. The Labute approximate surface area is 150 Å². The van der Waals surface area contributed by atoms with Gasteiger partial charge in [-0.3, -0.25) is 9.48 Å². The van der Waals surface area contributed by atoms with Gasteiger partial charge in [-0.05, 0) is 19.3 Å². The molecule has 1 aromatic rings. The molecule has 7 heteroatoms.